The predicted octanol–water partition coefficient (Wildman–Crippen LogP) is -10.9. The van der Waals surface area contributed by atoms with Gasteiger partial charge in [0, 0.05) is 7.11 Å². The third-order valence-electron chi connectivity index (χ3n) is 14.2. The Morgan fingerprint density at radius 2 is 0.699 bits per heavy atom. The number of methoxy groups -OCH3 is 1. The molecule has 17 N–H and O–H groups in total. The number of ether oxygens (including phenoxy) is 14. The maximum Gasteiger partial charge on any atom is 0.187 e. The Hall–Kier alpha value is -1.24. The highest BCUT2D eigenvalue weighted by molar-refractivity contribution is 5.00. The van der Waals surface area contributed by atoms with Crippen molar-refractivity contribution in [2.75, 3.05) is 26.9 Å². The molecular weight excluding hydrogens is 1000 g/mol. The van der Waals surface area contributed by atoms with Crippen LogP contribution >= 0.6 is 0 Å². The van der Waals surface area contributed by atoms with Crippen LogP contribution in [0.4, 0.5) is 0 Å². The Bertz CT molecular complexity index is 1700. The van der Waals surface area contributed by atoms with Crippen LogP contribution in [0.25, 0.3) is 0 Å². The van der Waals surface area contributed by atoms with Gasteiger partial charge in [-0.2, -0.15) is 0 Å². The van der Waals surface area contributed by atoms with Crippen molar-refractivity contribution in [3.63, 3.8) is 0 Å². The summed E-state index contributed by atoms with van der Waals surface area (Å²) in [6, 6.07) is 0. The van der Waals surface area contributed by atoms with Crippen molar-refractivity contribution >= 4 is 0 Å². The van der Waals surface area contributed by atoms with E-state index >= 15 is 0 Å². The monoisotopic (exact) mass is 1070 g/mol. The van der Waals surface area contributed by atoms with Crippen molar-refractivity contribution in [3.05, 3.63) is 0 Å². The highest BCUT2D eigenvalue weighted by Gasteiger charge is 2.59. The molecule has 0 spiro atoms. The normalized spacial score (nSPS) is 55.3. The highest BCUT2D eigenvalue weighted by atomic mass is 16.8. The molecule has 73 heavy (non-hydrogen) atoms. The highest BCUT2D eigenvalue weighted by Crippen LogP contribution is 2.39. The summed E-state index contributed by atoms with van der Waals surface area (Å²) < 4.78 is 81.4. The van der Waals surface area contributed by atoms with Crippen molar-refractivity contribution in [1.29, 1.82) is 0 Å². The van der Waals surface area contributed by atoms with Crippen molar-refractivity contribution in [2.45, 2.75) is 237 Å². The average Bonchev–Trinajstić information content (AvgIpc) is 3.35. The van der Waals surface area contributed by atoms with Crippen LogP contribution in [0.2, 0.25) is 0 Å². The minimum atomic E-state index is -2.22. The maximum absolute atomic E-state index is 11.9. The Balaban J connectivity index is 1.18. The van der Waals surface area contributed by atoms with E-state index in [4.69, 9.17) is 66.3 Å². The molecule has 31 heteroatoms. The van der Waals surface area contributed by atoms with Gasteiger partial charge in [-0.15, -0.1) is 0 Å². The number of aliphatic hydroxyl groups excluding tert-OH is 17. The van der Waals surface area contributed by atoms with Crippen molar-refractivity contribution in [1.82, 2.24) is 0 Å². The standard InChI is InChI=1S/C42H72O31/c1-9-16(46)23(53)25(55)38(63-9)73-34-32(60-5)18(48)11(3)64-41(34)71-33-19(49)12(4)65-42(35(33)72-37-24(54)20(50)13(45)8-61-37)70-31-22(52)15(7-44)67-40(28(31)58)69-30-21(51)14(6-43)66-39(27(30)57)68-29-17(47)10(2)62-36(59)26(29)56/h9-59H,6-8H2,1-5H3/t9-,10-,11-,12-,13+,14+,15+,16-,17-,18-,19-,20-,21+,22+,23+,24+,25+,26+,27+,28+,29+,30-,31-,32+,33+,34+,35+,36+,37-,38-,39-,40-,41-,42-/m0/s1. The molecule has 7 aliphatic heterocycles. The molecular formula is C42H72O31. The zero-order chi connectivity index (χ0) is 53.7. The minimum absolute atomic E-state index is 0.611. The van der Waals surface area contributed by atoms with Gasteiger partial charge in [0.05, 0.1) is 44.2 Å². The summed E-state index contributed by atoms with van der Waals surface area (Å²) >= 11 is 0. The third kappa shape index (κ3) is 12.2. The first kappa shape index (κ1) is 59.4. The molecule has 0 saturated carbocycles. The summed E-state index contributed by atoms with van der Waals surface area (Å²) in [5, 5.41) is 185. The van der Waals surface area contributed by atoms with Gasteiger partial charge in [-0.1, -0.05) is 0 Å². The van der Waals surface area contributed by atoms with Crippen LogP contribution in [-0.4, -0.2) is 323 Å². The number of aliphatic hydroxyl groups is 17. The quantitative estimate of drug-likeness (QED) is 0.0724. The van der Waals surface area contributed by atoms with Crippen LogP contribution in [0.1, 0.15) is 27.7 Å². The smallest absolute Gasteiger partial charge is 0.187 e. The second-order valence-corrected chi connectivity index (χ2v) is 19.3. The first-order valence-electron chi connectivity index (χ1n) is 23.9. The van der Waals surface area contributed by atoms with Gasteiger partial charge in [0.2, 0.25) is 0 Å². The summed E-state index contributed by atoms with van der Waals surface area (Å²) in [5.41, 5.74) is 0. The molecule has 0 bridgehead atoms. The van der Waals surface area contributed by atoms with Gasteiger partial charge in [-0.25, -0.2) is 0 Å². The second-order valence-electron chi connectivity index (χ2n) is 19.3. The van der Waals surface area contributed by atoms with Gasteiger partial charge < -0.3 is 153 Å². The van der Waals surface area contributed by atoms with Gasteiger partial charge in [0.15, 0.2) is 44.0 Å². The lowest BCUT2D eigenvalue weighted by Gasteiger charge is -2.51. The first-order valence-corrected chi connectivity index (χ1v) is 23.9. The van der Waals surface area contributed by atoms with E-state index in [0.717, 1.165) is 0 Å². The molecule has 0 radical (unpaired) electrons. The Morgan fingerprint density at radius 3 is 1.22 bits per heavy atom. The molecule has 7 heterocycles. The van der Waals surface area contributed by atoms with Crippen molar-refractivity contribution in [3.8, 4) is 0 Å². The van der Waals surface area contributed by atoms with E-state index in [1.807, 2.05) is 0 Å². The minimum Gasteiger partial charge on any atom is -0.394 e. The predicted molar refractivity (Wildman–Crippen MR) is 225 cm³/mol. The fourth-order valence-electron chi connectivity index (χ4n) is 9.69. The van der Waals surface area contributed by atoms with E-state index in [0.29, 0.717) is 0 Å². The molecule has 0 aromatic heterocycles. The van der Waals surface area contributed by atoms with Gasteiger partial charge >= 0.3 is 0 Å². The molecule has 7 rings (SSSR count). The molecule has 7 saturated heterocycles. The van der Waals surface area contributed by atoms with Crippen LogP contribution in [0.5, 0.6) is 0 Å². The lowest BCUT2D eigenvalue weighted by atomic mass is 9.95. The van der Waals surface area contributed by atoms with E-state index in [1.165, 1.54) is 34.8 Å². The third-order valence-corrected chi connectivity index (χ3v) is 14.2. The van der Waals surface area contributed by atoms with Crippen LogP contribution < -0.4 is 0 Å². The van der Waals surface area contributed by atoms with Crippen molar-refractivity contribution < 1.29 is 153 Å². The molecule has 0 aromatic rings. The lowest BCUT2D eigenvalue weighted by molar-refractivity contribution is -0.411. The Morgan fingerprint density at radius 1 is 0.329 bits per heavy atom. The molecule has 0 unspecified atom stereocenters. The largest absolute Gasteiger partial charge is 0.394 e. The van der Waals surface area contributed by atoms with Gasteiger partial charge in [-0.3, -0.25) is 0 Å². The van der Waals surface area contributed by atoms with E-state index in [9.17, 15) is 86.8 Å². The van der Waals surface area contributed by atoms with Crippen LogP contribution in [-0.2, 0) is 66.3 Å². The molecule has 0 aromatic carbocycles. The lowest BCUT2D eigenvalue weighted by Crippen LogP contribution is -2.69. The average molecular weight is 1070 g/mol. The van der Waals surface area contributed by atoms with Gasteiger partial charge in [0.25, 0.3) is 0 Å². The van der Waals surface area contributed by atoms with Crippen molar-refractivity contribution in [2.24, 2.45) is 0 Å². The summed E-state index contributed by atoms with van der Waals surface area (Å²) in [6.45, 7) is 2.91. The molecule has 34 atom stereocenters. The zero-order valence-electron chi connectivity index (χ0n) is 40.1. The summed E-state index contributed by atoms with van der Waals surface area (Å²) in [7, 11) is 1.19. The summed E-state index contributed by atoms with van der Waals surface area (Å²) in [6.07, 6.45) is -59.5. The molecule has 31 nitrogen and oxygen atoms in total. The van der Waals surface area contributed by atoms with Crippen LogP contribution in [0.3, 0.4) is 0 Å². The van der Waals surface area contributed by atoms with E-state index in [-0.39, 0.29) is 0 Å². The van der Waals surface area contributed by atoms with E-state index < -0.39 is 229 Å². The zero-order valence-corrected chi connectivity index (χ0v) is 40.1. The molecule has 0 aliphatic carbocycles. The summed E-state index contributed by atoms with van der Waals surface area (Å²) in [5.74, 6) is 0. The Labute approximate surface area is 416 Å². The Kier molecular flexibility index (Phi) is 20.2. The van der Waals surface area contributed by atoms with Gasteiger partial charge in [0.1, 0.15) is 140 Å². The molecule has 0 amide bonds. The van der Waals surface area contributed by atoms with E-state index in [2.05, 4.69) is 0 Å². The number of hydrogen-bond donors (Lipinski definition) is 17. The number of rotatable bonds is 15. The van der Waals surface area contributed by atoms with Crippen LogP contribution in [0.15, 0.2) is 0 Å². The topological polar surface area (TPSA) is 473 Å². The SMILES string of the molecule is CO[C@@H]1[C@@H](O)[C@H](C)O[C@@H](O[C@@H]2[C@@H](O)[C@H](C)O[C@@H](O[C@@H]3[C@@H](O)[C@H](O[C@@H]4[C@@H](O)[C@H](O[C@@H]5[C@@H](O)[C@H](C)O[C@@H](O)[C@@H]5O)O[C@H](CO)[C@H]4O)O[C@H](CO)[C@H]3O)[C@@H]2O[C@@H]2OC[C@@H](O)[C@H](O)[C@H]2O)[C@@H]1O[C@@H]1O[C@@H](C)[C@H](O)[C@@H](O)[C@H]1O. The summed E-state index contributed by atoms with van der Waals surface area (Å²) in [4.78, 5) is 0. The number of hydrogen-bond acceptors (Lipinski definition) is 31. The first-order chi connectivity index (χ1) is 34.4. The van der Waals surface area contributed by atoms with E-state index in [1.54, 1.807) is 0 Å². The maximum atomic E-state index is 11.9. The fourth-order valence-corrected chi connectivity index (χ4v) is 9.69. The van der Waals surface area contributed by atoms with Gasteiger partial charge in [-0.05, 0) is 27.7 Å². The molecule has 7 fully saturated rings. The second kappa shape index (κ2) is 24.8. The molecule has 7 aliphatic rings. The molecule has 426 valence electrons. The fraction of sp³-hybridized carbons (Fsp3) is 1.00. The van der Waals surface area contributed by atoms with Crippen LogP contribution in [0, 0.1) is 0 Å².